The SMILES string of the molecule is CC(=O)N1CCCN(c2ccc(F)cn2)CC1. The number of rotatable bonds is 1. The molecule has 1 aromatic rings. The van der Waals surface area contributed by atoms with Crippen molar-refractivity contribution in [2.45, 2.75) is 13.3 Å². The van der Waals surface area contributed by atoms with Gasteiger partial charge >= 0.3 is 0 Å². The Morgan fingerprint density at radius 2 is 2.12 bits per heavy atom. The molecule has 1 aromatic heterocycles. The van der Waals surface area contributed by atoms with Crippen molar-refractivity contribution in [1.29, 1.82) is 0 Å². The van der Waals surface area contributed by atoms with Gasteiger partial charge in [-0.2, -0.15) is 0 Å². The van der Waals surface area contributed by atoms with Crippen molar-refractivity contribution in [2.24, 2.45) is 0 Å². The van der Waals surface area contributed by atoms with Gasteiger partial charge in [-0.1, -0.05) is 0 Å². The number of halogens is 1. The van der Waals surface area contributed by atoms with E-state index in [2.05, 4.69) is 9.88 Å². The van der Waals surface area contributed by atoms with E-state index in [1.807, 2.05) is 4.90 Å². The van der Waals surface area contributed by atoms with E-state index in [0.29, 0.717) is 6.54 Å². The molecule has 0 bridgehead atoms. The lowest BCUT2D eigenvalue weighted by Gasteiger charge is -2.22. The fourth-order valence-corrected chi connectivity index (χ4v) is 2.02. The number of pyridine rings is 1. The third-order valence-electron chi connectivity index (χ3n) is 2.98. The second kappa shape index (κ2) is 5.12. The minimum atomic E-state index is -0.325. The van der Waals surface area contributed by atoms with Gasteiger partial charge in [0.25, 0.3) is 0 Å². The van der Waals surface area contributed by atoms with Crippen LogP contribution in [0, 0.1) is 5.82 Å². The molecule has 4 nitrogen and oxygen atoms in total. The van der Waals surface area contributed by atoms with Gasteiger partial charge in [-0.3, -0.25) is 4.79 Å². The normalized spacial score (nSPS) is 16.8. The van der Waals surface area contributed by atoms with Crippen molar-refractivity contribution in [2.75, 3.05) is 31.1 Å². The van der Waals surface area contributed by atoms with Gasteiger partial charge in [-0.15, -0.1) is 0 Å². The smallest absolute Gasteiger partial charge is 0.219 e. The van der Waals surface area contributed by atoms with Gasteiger partial charge in [0.05, 0.1) is 6.20 Å². The quantitative estimate of drug-likeness (QED) is 0.738. The van der Waals surface area contributed by atoms with Gasteiger partial charge < -0.3 is 9.80 Å². The molecule has 0 aromatic carbocycles. The molecular formula is C12H16FN3O. The summed E-state index contributed by atoms with van der Waals surface area (Å²) in [5.74, 6) is 0.560. The minimum Gasteiger partial charge on any atom is -0.355 e. The van der Waals surface area contributed by atoms with Crippen LogP contribution in [0.2, 0.25) is 0 Å². The van der Waals surface area contributed by atoms with Gasteiger partial charge in [-0.25, -0.2) is 9.37 Å². The lowest BCUT2D eigenvalue weighted by Crippen LogP contribution is -2.33. The van der Waals surface area contributed by atoms with Crippen LogP contribution >= 0.6 is 0 Å². The Bertz CT molecular complexity index is 393. The summed E-state index contributed by atoms with van der Waals surface area (Å²) in [6.07, 6.45) is 2.14. The molecule has 0 saturated carbocycles. The van der Waals surface area contributed by atoms with E-state index in [1.54, 1.807) is 13.0 Å². The van der Waals surface area contributed by atoms with Gasteiger partial charge in [-0.05, 0) is 18.6 Å². The molecule has 0 N–H and O–H groups in total. The Hall–Kier alpha value is -1.65. The summed E-state index contributed by atoms with van der Waals surface area (Å²) in [5.41, 5.74) is 0. The van der Waals surface area contributed by atoms with E-state index < -0.39 is 0 Å². The number of aromatic nitrogens is 1. The molecule has 5 heteroatoms. The highest BCUT2D eigenvalue weighted by Gasteiger charge is 2.17. The first-order chi connectivity index (χ1) is 8.16. The molecule has 1 fully saturated rings. The molecule has 2 heterocycles. The van der Waals surface area contributed by atoms with E-state index in [-0.39, 0.29) is 11.7 Å². The van der Waals surface area contributed by atoms with Crippen LogP contribution < -0.4 is 4.90 Å². The summed E-state index contributed by atoms with van der Waals surface area (Å²) in [6.45, 7) is 4.67. The van der Waals surface area contributed by atoms with E-state index in [4.69, 9.17) is 0 Å². The third kappa shape index (κ3) is 2.93. The molecule has 0 atom stereocenters. The number of hydrogen-bond donors (Lipinski definition) is 0. The molecule has 1 aliphatic rings. The van der Waals surface area contributed by atoms with Crippen LogP contribution in [0.1, 0.15) is 13.3 Å². The zero-order chi connectivity index (χ0) is 12.3. The van der Waals surface area contributed by atoms with Crippen LogP contribution in [0.15, 0.2) is 18.3 Å². The van der Waals surface area contributed by atoms with Crippen LogP contribution in [0.3, 0.4) is 0 Å². The third-order valence-corrected chi connectivity index (χ3v) is 2.98. The Morgan fingerprint density at radius 3 is 2.76 bits per heavy atom. The van der Waals surface area contributed by atoms with E-state index in [1.165, 1.54) is 12.3 Å². The largest absolute Gasteiger partial charge is 0.355 e. The van der Waals surface area contributed by atoms with Crippen LogP contribution in [0.4, 0.5) is 10.2 Å². The van der Waals surface area contributed by atoms with Crippen molar-refractivity contribution in [3.63, 3.8) is 0 Å². The second-order valence-electron chi connectivity index (χ2n) is 4.18. The van der Waals surface area contributed by atoms with Crippen molar-refractivity contribution >= 4 is 11.7 Å². The molecule has 0 radical (unpaired) electrons. The average Bonchev–Trinajstić information content (AvgIpc) is 2.55. The summed E-state index contributed by atoms with van der Waals surface area (Å²) in [4.78, 5) is 19.3. The molecule has 92 valence electrons. The zero-order valence-corrected chi connectivity index (χ0v) is 9.90. The molecule has 0 spiro atoms. The molecular weight excluding hydrogens is 221 g/mol. The Morgan fingerprint density at radius 1 is 1.29 bits per heavy atom. The van der Waals surface area contributed by atoms with Crippen LogP contribution in [0.5, 0.6) is 0 Å². The molecule has 17 heavy (non-hydrogen) atoms. The molecule has 1 saturated heterocycles. The number of anilines is 1. The maximum atomic E-state index is 12.8. The highest BCUT2D eigenvalue weighted by molar-refractivity contribution is 5.73. The molecule has 0 aliphatic carbocycles. The van der Waals surface area contributed by atoms with Crippen molar-refractivity contribution in [1.82, 2.24) is 9.88 Å². The monoisotopic (exact) mass is 237 g/mol. The fourth-order valence-electron chi connectivity index (χ4n) is 2.02. The highest BCUT2D eigenvalue weighted by atomic mass is 19.1. The number of carbonyl (C=O) groups is 1. The molecule has 1 aliphatic heterocycles. The Kier molecular flexibility index (Phi) is 3.56. The van der Waals surface area contributed by atoms with Gasteiger partial charge in [0.15, 0.2) is 0 Å². The highest BCUT2D eigenvalue weighted by Crippen LogP contribution is 2.13. The summed E-state index contributed by atoms with van der Waals surface area (Å²) < 4.78 is 12.8. The fraction of sp³-hybridized carbons (Fsp3) is 0.500. The lowest BCUT2D eigenvalue weighted by molar-refractivity contribution is -0.128. The van der Waals surface area contributed by atoms with Crippen LogP contribution in [-0.4, -0.2) is 42.0 Å². The lowest BCUT2D eigenvalue weighted by atomic mass is 10.3. The number of amides is 1. The first-order valence-electron chi connectivity index (χ1n) is 5.79. The first kappa shape index (κ1) is 11.8. The van der Waals surface area contributed by atoms with Gasteiger partial charge in [0.1, 0.15) is 11.6 Å². The Labute approximate surface area is 100 Å². The van der Waals surface area contributed by atoms with Gasteiger partial charge in [0.2, 0.25) is 5.91 Å². The summed E-state index contributed by atoms with van der Waals surface area (Å²) in [5, 5.41) is 0. The first-order valence-corrected chi connectivity index (χ1v) is 5.79. The maximum Gasteiger partial charge on any atom is 0.219 e. The number of nitrogens with zero attached hydrogens (tertiary/aromatic N) is 3. The van der Waals surface area contributed by atoms with Crippen LogP contribution in [-0.2, 0) is 4.79 Å². The zero-order valence-electron chi connectivity index (χ0n) is 9.90. The van der Waals surface area contributed by atoms with Crippen molar-refractivity contribution in [3.8, 4) is 0 Å². The predicted molar refractivity (Wildman–Crippen MR) is 63.3 cm³/mol. The summed E-state index contributed by atoms with van der Waals surface area (Å²) in [6, 6.07) is 3.09. The van der Waals surface area contributed by atoms with E-state index in [9.17, 15) is 9.18 Å². The van der Waals surface area contributed by atoms with Crippen molar-refractivity contribution in [3.05, 3.63) is 24.1 Å². The molecule has 1 amide bonds. The standard InChI is InChI=1S/C12H16FN3O/c1-10(17)15-5-2-6-16(8-7-15)12-4-3-11(13)9-14-12/h3-4,9H,2,5-8H2,1H3. The van der Waals surface area contributed by atoms with Crippen molar-refractivity contribution < 1.29 is 9.18 Å². The molecule has 0 unspecified atom stereocenters. The maximum absolute atomic E-state index is 12.8. The van der Waals surface area contributed by atoms with E-state index in [0.717, 1.165) is 31.9 Å². The number of hydrogen-bond acceptors (Lipinski definition) is 3. The summed E-state index contributed by atoms with van der Waals surface area (Å²) in [7, 11) is 0. The van der Waals surface area contributed by atoms with E-state index >= 15 is 0 Å². The van der Waals surface area contributed by atoms with Gasteiger partial charge in [0, 0.05) is 33.1 Å². The topological polar surface area (TPSA) is 36.4 Å². The average molecular weight is 237 g/mol. The summed E-state index contributed by atoms with van der Waals surface area (Å²) >= 11 is 0. The number of carbonyl (C=O) groups excluding carboxylic acids is 1. The molecule has 2 rings (SSSR count). The predicted octanol–water partition coefficient (Wildman–Crippen LogP) is 1.28. The Balaban J connectivity index is 2.03. The minimum absolute atomic E-state index is 0.110. The second-order valence-corrected chi connectivity index (χ2v) is 4.18. The van der Waals surface area contributed by atoms with Crippen LogP contribution in [0.25, 0.3) is 0 Å².